The number of nitrogens with one attached hydrogen (secondary N) is 1. The first-order chi connectivity index (χ1) is 8.58. The number of rotatable bonds is 8. The van der Waals surface area contributed by atoms with E-state index >= 15 is 0 Å². The first-order valence-electron chi connectivity index (χ1n) is 6.29. The fourth-order valence-electron chi connectivity index (χ4n) is 1.49. The molecule has 4 heteroatoms. The predicted molar refractivity (Wildman–Crippen MR) is 77.5 cm³/mol. The Morgan fingerprint density at radius 2 is 1.89 bits per heavy atom. The zero-order chi connectivity index (χ0) is 13.4. The molecule has 0 spiro atoms. The third kappa shape index (κ3) is 7.11. The fourth-order valence-corrected chi connectivity index (χ4v) is 1.76. The molecule has 1 unspecified atom stereocenters. The summed E-state index contributed by atoms with van der Waals surface area (Å²) in [6.07, 6.45) is -0.445. The molecule has 0 amide bonds. The van der Waals surface area contributed by atoms with Gasteiger partial charge in [-0.05, 0) is 30.2 Å². The van der Waals surface area contributed by atoms with E-state index in [9.17, 15) is 5.11 Å². The van der Waals surface area contributed by atoms with E-state index in [2.05, 4.69) is 35.1 Å². The van der Waals surface area contributed by atoms with E-state index in [1.165, 1.54) is 0 Å². The van der Waals surface area contributed by atoms with Crippen LogP contribution in [0.1, 0.15) is 19.4 Å². The molecule has 3 nitrogen and oxygen atoms in total. The number of hydrogen-bond acceptors (Lipinski definition) is 3. The quantitative estimate of drug-likeness (QED) is 0.774. The predicted octanol–water partition coefficient (Wildman–Crippen LogP) is 2.57. The van der Waals surface area contributed by atoms with Crippen LogP contribution in [0.3, 0.4) is 0 Å². The van der Waals surface area contributed by atoms with Gasteiger partial charge < -0.3 is 15.2 Å². The molecule has 102 valence electrons. The summed E-state index contributed by atoms with van der Waals surface area (Å²) in [6.45, 7) is 6.69. The number of aliphatic hydroxyl groups is 1. The van der Waals surface area contributed by atoms with Crippen molar-refractivity contribution in [1.82, 2.24) is 5.32 Å². The topological polar surface area (TPSA) is 41.5 Å². The van der Waals surface area contributed by atoms with Crippen LogP contribution in [-0.2, 0) is 11.3 Å². The molecule has 1 atom stereocenters. The lowest BCUT2D eigenvalue weighted by molar-refractivity contribution is 0.0286. The molecular formula is C14H22BrNO2. The van der Waals surface area contributed by atoms with Crippen molar-refractivity contribution in [3.8, 4) is 0 Å². The lowest BCUT2D eigenvalue weighted by atomic mass is 10.2. The zero-order valence-electron chi connectivity index (χ0n) is 11.0. The molecule has 0 saturated carbocycles. The summed E-state index contributed by atoms with van der Waals surface area (Å²) in [7, 11) is 0. The van der Waals surface area contributed by atoms with E-state index in [-0.39, 0.29) is 0 Å². The van der Waals surface area contributed by atoms with Gasteiger partial charge in [0, 0.05) is 11.0 Å². The molecule has 0 aromatic heterocycles. The van der Waals surface area contributed by atoms with Crippen LogP contribution in [0.4, 0.5) is 0 Å². The van der Waals surface area contributed by atoms with Gasteiger partial charge in [-0.15, -0.1) is 0 Å². The minimum absolute atomic E-state index is 0.362. The van der Waals surface area contributed by atoms with Gasteiger partial charge in [-0.3, -0.25) is 0 Å². The average Bonchev–Trinajstić information content (AvgIpc) is 2.31. The van der Waals surface area contributed by atoms with Gasteiger partial charge >= 0.3 is 0 Å². The molecule has 1 rings (SSSR count). The number of benzene rings is 1. The Morgan fingerprint density at radius 3 is 2.50 bits per heavy atom. The summed E-state index contributed by atoms with van der Waals surface area (Å²) in [5, 5.41) is 12.9. The largest absolute Gasteiger partial charge is 0.389 e. The molecule has 0 aliphatic carbocycles. The van der Waals surface area contributed by atoms with Gasteiger partial charge in [-0.1, -0.05) is 41.9 Å². The van der Waals surface area contributed by atoms with E-state index in [1.54, 1.807) is 0 Å². The second-order valence-electron chi connectivity index (χ2n) is 4.85. The third-order valence-electron chi connectivity index (χ3n) is 2.42. The Bertz CT molecular complexity index is 327. The highest BCUT2D eigenvalue weighted by Gasteiger charge is 2.04. The van der Waals surface area contributed by atoms with Gasteiger partial charge in [0.25, 0.3) is 0 Å². The lowest BCUT2D eigenvalue weighted by Crippen LogP contribution is -2.32. The molecule has 2 N–H and O–H groups in total. The summed E-state index contributed by atoms with van der Waals surface area (Å²) < 4.78 is 6.53. The highest BCUT2D eigenvalue weighted by molar-refractivity contribution is 9.10. The summed E-state index contributed by atoms with van der Waals surface area (Å²) in [5.74, 6) is 0.598. The maximum Gasteiger partial charge on any atom is 0.0897 e. The standard InChI is InChI=1S/C14H22BrNO2/c1-11(2)7-16-8-14(17)10-18-9-12-3-5-13(15)6-4-12/h3-6,11,14,16-17H,7-10H2,1-2H3. The molecule has 18 heavy (non-hydrogen) atoms. The van der Waals surface area contributed by atoms with E-state index < -0.39 is 6.10 Å². The van der Waals surface area contributed by atoms with Gasteiger partial charge in [-0.25, -0.2) is 0 Å². The maximum atomic E-state index is 9.69. The fraction of sp³-hybridized carbons (Fsp3) is 0.571. The first-order valence-corrected chi connectivity index (χ1v) is 7.08. The smallest absolute Gasteiger partial charge is 0.0897 e. The number of ether oxygens (including phenoxy) is 1. The second kappa shape index (κ2) is 8.64. The zero-order valence-corrected chi connectivity index (χ0v) is 12.6. The van der Waals surface area contributed by atoms with Crippen LogP contribution in [0.5, 0.6) is 0 Å². The van der Waals surface area contributed by atoms with Gasteiger partial charge in [0.05, 0.1) is 19.3 Å². The van der Waals surface area contributed by atoms with Gasteiger partial charge in [0.1, 0.15) is 0 Å². The van der Waals surface area contributed by atoms with Gasteiger partial charge in [-0.2, -0.15) is 0 Å². The van der Waals surface area contributed by atoms with Gasteiger partial charge in [0.2, 0.25) is 0 Å². The third-order valence-corrected chi connectivity index (χ3v) is 2.95. The molecular weight excluding hydrogens is 294 g/mol. The summed E-state index contributed by atoms with van der Waals surface area (Å²) >= 11 is 3.39. The molecule has 1 aromatic rings. The molecule has 1 aromatic carbocycles. The van der Waals surface area contributed by atoms with Crippen molar-refractivity contribution >= 4 is 15.9 Å². The highest BCUT2D eigenvalue weighted by atomic mass is 79.9. The van der Waals surface area contributed by atoms with Crippen molar-refractivity contribution in [2.45, 2.75) is 26.6 Å². The van der Waals surface area contributed by atoms with Crippen molar-refractivity contribution < 1.29 is 9.84 Å². The minimum Gasteiger partial charge on any atom is -0.389 e. The Kier molecular flexibility index (Phi) is 7.51. The molecule has 0 radical (unpaired) electrons. The number of halogens is 1. The Morgan fingerprint density at radius 1 is 1.22 bits per heavy atom. The van der Waals surface area contributed by atoms with Crippen molar-refractivity contribution in [2.75, 3.05) is 19.7 Å². The van der Waals surface area contributed by atoms with E-state index in [4.69, 9.17) is 4.74 Å². The maximum absolute atomic E-state index is 9.69. The number of hydrogen-bond donors (Lipinski definition) is 2. The summed E-state index contributed by atoms with van der Waals surface area (Å²) in [4.78, 5) is 0. The highest BCUT2D eigenvalue weighted by Crippen LogP contribution is 2.11. The average molecular weight is 316 g/mol. The van der Waals surface area contributed by atoms with Crippen LogP contribution in [0, 0.1) is 5.92 Å². The van der Waals surface area contributed by atoms with Crippen LogP contribution in [0.15, 0.2) is 28.7 Å². The lowest BCUT2D eigenvalue weighted by Gasteiger charge is -2.13. The van der Waals surface area contributed by atoms with Crippen LogP contribution in [-0.4, -0.2) is 30.9 Å². The normalized spacial score (nSPS) is 12.9. The van der Waals surface area contributed by atoms with Crippen molar-refractivity contribution in [2.24, 2.45) is 5.92 Å². The molecule has 0 aliphatic rings. The van der Waals surface area contributed by atoms with E-state index in [0.29, 0.717) is 25.7 Å². The Hall–Kier alpha value is -0.420. The summed E-state index contributed by atoms with van der Waals surface area (Å²) in [6, 6.07) is 7.99. The minimum atomic E-state index is -0.445. The van der Waals surface area contributed by atoms with E-state index in [1.807, 2.05) is 24.3 Å². The number of aliphatic hydroxyl groups excluding tert-OH is 1. The molecule has 0 bridgehead atoms. The van der Waals surface area contributed by atoms with Crippen LogP contribution in [0.25, 0.3) is 0 Å². The van der Waals surface area contributed by atoms with Crippen molar-refractivity contribution in [3.05, 3.63) is 34.3 Å². The van der Waals surface area contributed by atoms with Crippen LogP contribution >= 0.6 is 15.9 Å². The van der Waals surface area contributed by atoms with Crippen LogP contribution < -0.4 is 5.32 Å². The monoisotopic (exact) mass is 315 g/mol. The Labute approximate surface area is 118 Å². The Balaban J connectivity index is 2.11. The first kappa shape index (κ1) is 15.6. The van der Waals surface area contributed by atoms with Gasteiger partial charge in [0.15, 0.2) is 0 Å². The second-order valence-corrected chi connectivity index (χ2v) is 5.76. The molecule has 0 heterocycles. The van der Waals surface area contributed by atoms with Crippen LogP contribution in [0.2, 0.25) is 0 Å². The molecule has 0 saturated heterocycles. The van der Waals surface area contributed by atoms with Crippen molar-refractivity contribution in [1.29, 1.82) is 0 Å². The summed E-state index contributed by atoms with van der Waals surface area (Å²) in [5.41, 5.74) is 1.11. The SMILES string of the molecule is CC(C)CNCC(O)COCc1ccc(Br)cc1. The molecule has 0 fully saturated rings. The van der Waals surface area contributed by atoms with E-state index in [0.717, 1.165) is 16.6 Å². The molecule has 0 aliphatic heterocycles. The van der Waals surface area contributed by atoms with Crippen molar-refractivity contribution in [3.63, 3.8) is 0 Å².